The van der Waals surface area contributed by atoms with Gasteiger partial charge in [0.15, 0.2) is 6.61 Å². The molecule has 1 rings (SSSR count). The predicted octanol–water partition coefficient (Wildman–Crippen LogP) is 2.13. The van der Waals surface area contributed by atoms with E-state index in [1.54, 1.807) is 20.8 Å². The van der Waals surface area contributed by atoms with E-state index in [0.29, 0.717) is 0 Å². The van der Waals surface area contributed by atoms with Crippen LogP contribution in [0.3, 0.4) is 0 Å². The molecular formula is C14H22O6. The number of hydrogen-bond acceptors (Lipinski definition) is 6. The molecule has 0 aromatic carbocycles. The third kappa shape index (κ3) is 4.61. The van der Waals surface area contributed by atoms with Crippen LogP contribution in [0.2, 0.25) is 0 Å². The number of carbonyl (C=O) groups excluding carboxylic acids is 2. The van der Waals surface area contributed by atoms with Crippen LogP contribution in [-0.4, -0.2) is 30.4 Å². The van der Waals surface area contributed by atoms with Crippen molar-refractivity contribution in [1.29, 1.82) is 0 Å². The van der Waals surface area contributed by atoms with Crippen molar-refractivity contribution in [3.63, 3.8) is 0 Å². The summed E-state index contributed by atoms with van der Waals surface area (Å²) in [4.78, 5) is 33.1. The van der Waals surface area contributed by atoms with E-state index in [2.05, 4.69) is 4.89 Å². The van der Waals surface area contributed by atoms with Crippen molar-refractivity contribution in [2.75, 3.05) is 6.61 Å². The van der Waals surface area contributed by atoms with Crippen LogP contribution >= 0.6 is 0 Å². The van der Waals surface area contributed by atoms with E-state index in [1.807, 2.05) is 20.8 Å². The molecule has 1 aliphatic rings. The van der Waals surface area contributed by atoms with Gasteiger partial charge >= 0.3 is 11.9 Å². The van der Waals surface area contributed by atoms with E-state index in [9.17, 15) is 9.59 Å². The molecule has 1 fully saturated rings. The molecule has 0 N–H and O–H groups in total. The van der Waals surface area contributed by atoms with Crippen LogP contribution in [0.25, 0.3) is 0 Å². The van der Waals surface area contributed by atoms with Gasteiger partial charge in [-0.1, -0.05) is 20.8 Å². The highest BCUT2D eigenvalue weighted by Gasteiger charge is 2.40. The van der Waals surface area contributed by atoms with Gasteiger partial charge in [0, 0.05) is 18.6 Å². The summed E-state index contributed by atoms with van der Waals surface area (Å²) in [5.74, 6) is -2.28. The minimum absolute atomic E-state index is 0.161. The van der Waals surface area contributed by atoms with Gasteiger partial charge < -0.3 is 9.47 Å². The summed E-state index contributed by atoms with van der Waals surface area (Å²) in [6.45, 7) is 10.7. The van der Waals surface area contributed by atoms with Crippen molar-refractivity contribution >= 4 is 11.9 Å². The molecule has 1 aliphatic heterocycles. The first-order valence-electron chi connectivity index (χ1n) is 6.50. The van der Waals surface area contributed by atoms with Crippen LogP contribution in [0.5, 0.6) is 0 Å². The maximum absolute atomic E-state index is 12.0. The molecule has 0 spiro atoms. The molecule has 1 atom stereocenters. The van der Waals surface area contributed by atoms with Crippen LogP contribution in [0.4, 0.5) is 0 Å². The number of hydrogen-bond donors (Lipinski definition) is 0. The average Bonchev–Trinajstić information content (AvgIpc) is 2.20. The zero-order valence-corrected chi connectivity index (χ0v) is 12.8. The maximum atomic E-state index is 12.0. The molecule has 1 unspecified atom stereocenters. The fourth-order valence-electron chi connectivity index (χ4n) is 1.49. The third-order valence-corrected chi connectivity index (χ3v) is 2.51. The predicted molar refractivity (Wildman–Crippen MR) is 70.3 cm³/mol. The molecule has 20 heavy (non-hydrogen) atoms. The van der Waals surface area contributed by atoms with Crippen molar-refractivity contribution in [1.82, 2.24) is 0 Å². The van der Waals surface area contributed by atoms with Gasteiger partial charge in [0.25, 0.3) is 5.79 Å². The molecule has 0 aromatic rings. The van der Waals surface area contributed by atoms with Crippen LogP contribution in [0, 0.1) is 5.41 Å². The normalized spacial score (nSPS) is 23.2. The van der Waals surface area contributed by atoms with Crippen molar-refractivity contribution in [2.24, 2.45) is 5.41 Å². The molecule has 6 heteroatoms. The Hall–Kier alpha value is -1.40. The van der Waals surface area contributed by atoms with Crippen LogP contribution in [0.1, 0.15) is 41.5 Å². The molecule has 0 aromatic heterocycles. The van der Waals surface area contributed by atoms with Gasteiger partial charge in [-0.3, -0.25) is 0 Å². The molecule has 1 saturated heterocycles. The van der Waals surface area contributed by atoms with Crippen molar-refractivity contribution in [3.8, 4) is 0 Å². The van der Waals surface area contributed by atoms with E-state index in [1.165, 1.54) is 0 Å². The fourth-order valence-corrected chi connectivity index (χ4v) is 1.49. The van der Waals surface area contributed by atoms with Crippen molar-refractivity contribution < 1.29 is 28.8 Å². The van der Waals surface area contributed by atoms with Gasteiger partial charge in [0.2, 0.25) is 0 Å². The Balaban J connectivity index is 2.84. The lowest BCUT2D eigenvalue weighted by atomic mass is 9.86. The smallest absolute Gasteiger partial charge is 0.335 e. The van der Waals surface area contributed by atoms with Gasteiger partial charge in [-0.15, -0.1) is 0 Å². The Labute approximate surface area is 118 Å². The molecule has 1 heterocycles. The number of ether oxygens (including phenoxy) is 2. The summed E-state index contributed by atoms with van der Waals surface area (Å²) in [5.41, 5.74) is -0.289. The van der Waals surface area contributed by atoms with Gasteiger partial charge in [0.05, 0.1) is 6.10 Å². The Morgan fingerprint density at radius 2 is 1.85 bits per heavy atom. The molecule has 0 amide bonds. The number of esters is 2. The Morgan fingerprint density at radius 1 is 1.30 bits per heavy atom. The maximum Gasteiger partial charge on any atom is 0.335 e. The first-order chi connectivity index (χ1) is 9.03. The second-order valence-corrected chi connectivity index (χ2v) is 6.16. The van der Waals surface area contributed by atoms with Crippen LogP contribution < -0.4 is 0 Å². The topological polar surface area (TPSA) is 71.1 Å². The van der Waals surface area contributed by atoms with Gasteiger partial charge in [0.1, 0.15) is 0 Å². The SMILES string of the molecule is CC(C)OC(=O)/C(=C/C(=O)OC1(C)COO1)C(C)(C)C. The third-order valence-electron chi connectivity index (χ3n) is 2.51. The second kappa shape index (κ2) is 5.93. The molecule has 0 aliphatic carbocycles. The summed E-state index contributed by atoms with van der Waals surface area (Å²) in [7, 11) is 0. The Kier molecular flexibility index (Phi) is 4.94. The second-order valence-electron chi connectivity index (χ2n) is 6.16. The monoisotopic (exact) mass is 286 g/mol. The highest BCUT2D eigenvalue weighted by molar-refractivity contribution is 5.97. The molecule has 6 nitrogen and oxygen atoms in total. The fraction of sp³-hybridized carbons (Fsp3) is 0.714. The van der Waals surface area contributed by atoms with E-state index in [-0.39, 0.29) is 18.3 Å². The lowest BCUT2D eigenvalue weighted by Crippen LogP contribution is -2.48. The molecule has 114 valence electrons. The van der Waals surface area contributed by atoms with Gasteiger partial charge in [-0.2, -0.15) is 4.89 Å². The summed E-state index contributed by atoms with van der Waals surface area (Å²) in [6.07, 6.45) is 0.891. The first-order valence-corrected chi connectivity index (χ1v) is 6.50. The van der Waals surface area contributed by atoms with E-state index >= 15 is 0 Å². The van der Waals surface area contributed by atoms with Crippen molar-refractivity contribution in [3.05, 3.63) is 11.6 Å². The summed E-state index contributed by atoms with van der Waals surface area (Å²) in [6, 6.07) is 0. The molecule has 0 saturated carbocycles. The lowest BCUT2D eigenvalue weighted by Gasteiger charge is -2.34. The largest absolute Gasteiger partial charge is 0.460 e. The van der Waals surface area contributed by atoms with Crippen LogP contribution in [0.15, 0.2) is 11.6 Å². The standard InChI is InChI=1S/C14H22O6/c1-9(2)18-12(16)10(13(3,4)5)7-11(15)19-14(6)8-17-20-14/h7,9H,8H2,1-6H3/b10-7-. The number of rotatable bonds is 4. The minimum Gasteiger partial charge on any atom is -0.460 e. The van der Waals surface area contributed by atoms with Crippen LogP contribution in [-0.2, 0) is 28.8 Å². The number of carbonyl (C=O) groups is 2. The Bertz CT molecular complexity index is 412. The first kappa shape index (κ1) is 16.7. The molecule has 0 radical (unpaired) electrons. The highest BCUT2D eigenvalue weighted by atomic mass is 17.3. The minimum atomic E-state index is -1.08. The zero-order valence-electron chi connectivity index (χ0n) is 12.8. The van der Waals surface area contributed by atoms with E-state index in [0.717, 1.165) is 6.08 Å². The Morgan fingerprint density at radius 3 is 2.20 bits per heavy atom. The van der Waals surface area contributed by atoms with Crippen molar-refractivity contribution in [2.45, 2.75) is 53.4 Å². The lowest BCUT2D eigenvalue weighted by molar-refractivity contribution is -0.521. The van der Waals surface area contributed by atoms with Gasteiger partial charge in [-0.05, 0) is 19.3 Å². The molecular weight excluding hydrogens is 264 g/mol. The summed E-state index contributed by atoms with van der Waals surface area (Å²) < 4.78 is 10.2. The molecule has 0 bridgehead atoms. The van der Waals surface area contributed by atoms with Gasteiger partial charge in [-0.25, -0.2) is 14.5 Å². The average molecular weight is 286 g/mol. The summed E-state index contributed by atoms with van der Waals surface area (Å²) >= 11 is 0. The summed E-state index contributed by atoms with van der Waals surface area (Å²) in [5, 5.41) is 0. The quantitative estimate of drug-likeness (QED) is 0.448. The van der Waals surface area contributed by atoms with E-state index < -0.39 is 23.1 Å². The zero-order chi connectivity index (χ0) is 15.6. The highest BCUT2D eigenvalue weighted by Crippen LogP contribution is 2.28. The van der Waals surface area contributed by atoms with E-state index in [4.69, 9.17) is 14.4 Å².